The zero-order chi connectivity index (χ0) is 12.6. The third-order valence-electron chi connectivity index (χ3n) is 2.49. The summed E-state index contributed by atoms with van der Waals surface area (Å²) in [4.78, 5) is 11.2. The van der Waals surface area contributed by atoms with Gasteiger partial charge in [0, 0.05) is 12.1 Å². The Balaban J connectivity index is 0.00000106. The molecule has 94 valence electrons. The standard InChI is InChI=1S/C10H17FN2O.C2H6/c1-2-4-7(11)10(14)13-9-6-3-5-8(9)12;1-2/h4,8-9H,2-3,5-6,12H2,1H3,(H,13,14);1-2H3/b7-4+;/t8-,9+;/m1./s1. The van der Waals surface area contributed by atoms with Crippen LogP contribution >= 0.6 is 0 Å². The van der Waals surface area contributed by atoms with Crippen molar-refractivity contribution in [2.24, 2.45) is 5.73 Å². The maximum absolute atomic E-state index is 13.0. The van der Waals surface area contributed by atoms with Gasteiger partial charge < -0.3 is 11.1 Å². The predicted molar refractivity (Wildman–Crippen MR) is 64.6 cm³/mol. The Morgan fingerprint density at radius 2 is 2.12 bits per heavy atom. The smallest absolute Gasteiger partial charge is 0.279 e. The van der Waals surface area contributed by atoms with Crippen molar-refractivity contribution in [1.29, 1.82) is 0 Å². The lowest BCUT2D eigenvalue weighted by Gasteiger charge is -2.16. The molecule has 1 rings (SSSR count). The van der Waals surface area contributed by atoms with Crippen molar-refractivity contribution in [3.05, 3.63) is 11.9 Å². The summed E-state index contributed by atoms with van der Waals surface area (Å²) in [5, 5.41) is 2.61. The van der Waals surface area contributed by atoms with E-state index in [2.05, 4.69) is 5.32 Å². The van der Waals surface area contributed by atoms with Gasteiger partial charge in [-0.2, -0.15) is 0 Å². The van der Waals surface area contributed by atoms with Crippen molar-refractivity contribution in [2.75, 3.05) is 0 Å². The predicted octanol–water partition coefficient (Wildman–Crippen LogP) is 2.27. The van der Waals surface area contributed by atoms with Crippen molar-refractivity contribution in [3.8, 4) is 0 Å². The van der Waals surface area contributed by atoms with Crippen molar-refractivity contribution in [3.63, 3.8) is 0 Å². The van der Waals surface area contributed by atoms with Crippen LogP contribution in [0.1, 0.15) is 46.5 Å². The van der Waals surface area contributed by atoms with Gasteiger partial charge in [-0.05, 0) is 31.8 Å². The Bertz CT molecular complexity index is 241. The van der Waals surface area contributed by atoms with Gasteiger partial charge in [0.1, 0.15) is 0 Å². The second kappa shape index (κ2) is 8.28. The molecule has 1 saturated carbocycles. The molecule has 0 bridgehead atoms. The summed E-state index contributed by atoms with van der Waals surface area (Å²) in [5.41, 5.74) is 5.74. The van der Waals surface area contributed by atoms with Crippen LogP contribution in [0.4, 0.5) is 4.39 Å². The van der Waals surface area contributed by atoms with Gasteiger partial charge in [-0.3, -0.25) is 4.79 Å². The fourth-order valence-corrected chi connectivity index (χ4v) is 1.68. The second-order valence-corrected chi connectivity index (χ2v) is 3.64. The van der Waals surface area contributed by atoms with Gasteiger partial charge in [0.25, 0.3) is 5.91 Å². The lowest BCUT2D eigenvalue weighted by Crippen LogP contribution is -2.44. The highest BCUT2D eigenvalue weighted by Crippen LogP contribution is 2.17. The average molecular weight is 230 g/mol. The molecule has 1 amide bonds. The molecule has 0 aliphatic heterocycles. The fraction of sp³-hybridized carbons (Fsp3) is 0.750. The molecule has 0 aromatic carbocycles. The van der Waals surface area contributed by atoms with Crippen molar-refractivity contribution >= 4 is 5.91 Å². The number of nitrogens with two attached hydrogens (primary N) is 1. The molecule has 1 fully saturated rings. The van der Waals surface area contributed by atoms with E-state index in [0.717, 1.165) is 19.3 Å². The third-order valence-corrected chi connectivity index (χ3v) is 2.49. The molecule has 16 heavy (non-hydrogen) atoms. The largest absolute Gasteiger partial charge is 0.346 e. The number of carbonyl (C=O) groups is 1. The Hall–Kier alpha value is -0.900. The number of nitrogens with one attached hydrogen (secondary N) is 1. The summed E-state index contributed by atoms with van der Waals surface area (Å²) < 4.78 is 13.0. The molecule has 0 unspecified atom stereocenters. The first kappa shape index (κ1) is 15.1. The molecule has 0 heterocycles. The summed E-state index contributed by atoms with van der Waals surface area (Å²) in [6.45, 7) is 5.79. The first-order valence-corrected chi connectivity index (χ1v) is 6.07. The Kier molecular flexibility index (Phi) is 7.81. The lowest BCUT2D eigenvalue weighted by atomic mass is 10.2. The number of halogens is 1. The summed E-state index contributed by atoms with van der Waals surface area (Å²) in [6.07, 6.45) is 4.56. The zero-order valence-corrected chi connectivity index (χ0v) is 10.4. The first-order chi connectivity index (χ1) is 7.65. The second-order valence-electron chi connectivity index (χ2n) is 3.64. The van der Waals surface area contributed by atoms with Gasteiger partial charge in [0.2, 0.25) is 0 Å². The molecule has 1 aliphatic rings. The minimum atomic E-state index is -0.702. The maximum atomic E-state index is 13.0. The van der Waals surface area contributed by atoms with E-state index in [9.17, 15) is 9.18 Å². The molecule has 1 aliphatic carbocycles. The van der Waals surface area contributed by atoms with E-state index < -0.39 is 11.7 Å². The van der Waals surface area contributed by atoms with Gasteiger partial charge in [0.05, 0.1) is 0 Å². The third kappa shape index (κ3) is 4.75. The van der Waals surface area contributed by atoms with Gasteiger partial charge in [0.15, 0.2) is 5.83 Å². The van der Waals surface area contributed by atoms with Crippen LogP contribution in [0.3, 0.4) is 0 Å². The quantitative estimate of drug-likeness (QED) is 0.731. The highest BCUT2D eigenvalue weighted by Gasteiger charge is 2.26. The highest BCUT2D eigenvalue weighted by atomic mass is 19.1. The minimum absolute atomic E-state index is 0.0200. The molecule has 0 saturated heterocycles. The molecule has 0 aromatic heterocycles. The minimum Gasteiger partial charge on any atom is -0.346 e. The molecule has 0 spiro atoms. The van der Waals surface area contributed by atoms with E-state index in [1.54, 1.807) is 6.92 Å². The number of carbonyl (C=O) groups excluding carboxylic acids is 1. The van der Waals surface area contributed by atoms with Crippen LogP contribution in [-0.4, -0.2) is 18.0 Å². The SMILES string of the molecule is CC.CC/C=C(/F)C(=O)N[C@H]1CCC[C@H]1N. The van der Waals surface area contributed by atoms with Crippen LogP contribution in [0.25, 0.3) is 0 Å². The number of amides is 1. The fourth-order valence-electron chi connectivity index (χ4n) is 1.68. The van der Waals surface area contributed by atoms with Crippen LogP contribution < -0.4 is 11.1 Å². The topological polar surface area (TPSA) is 55.1 Å². The van der Waals surface area contributed by atoms with E-state index in [1.165, 1.54) is 6.08 Å². The number of hydrogen-bond acceptors (Lipinski definition) is 2. The van der Waals surface area contributed by atoms with Gasteiger partial charge in [-0.1, -0.05) is 20.8 Å². The monoisotopic (exact) mass is 230 g/mol. The van der Waals surface area contributed by atoms with Crippen molar-refractivity contribution in [1.82, 2.24) is 5.32 Å². The van der Waals surface area contributed by atoms with Gasteiger partial charge >= 0.3 is 0 Å². The normalized spacial score (nSPS) is 24.7. The molecule has 0 radical (unpaired) electrons. The molecule has 2 atom stereocenters. The highest BCUT2D eigenvalue weighted by molar-refractivity contribution is 5.91. The molecular weight excluding hydrogens is 207 g/mol. The lowest BCUT2D eigenvalue weighted by molar-refractivity contribution is -0.119. The summed E-state index contributed by atoms with van der Waals surface area (Å²) in [7, 11) is 0. The summed E-state index contributed by atoms with van der Waals surface area (Å²) in [5.74, 6) is -1.33. The van der Waals surface area contributed by atoms with E-state index >= 15 is 0 Å². The van der Waals surface area contributed by atoms with Crippen LogP contribution in [0.2, 0.25) is 0 Å². The average Bonchev–Trinajstić information content (AvgIpc) is 2.68. The zero-order valence-electron chi connectivity index (χ0n) is 10.4. The van der Waals surface area contributed by atoms with E-state index in [0.29, 0.717) is 6.42 Å². The summed E-state index contributed by atoms with van der Waals surface area (Å²) >= 11 is 0. The van der Waals surface area contributed by atoms with Crippen LogP contribution in [0.5, 0.6) is 0 Å². The maximum Gasteiger partial charge on any atom is 0.279 e. The Labute approximate surface area is 97.3 Å². The Morgan fingerprint density at radius 3 is 2.56 bits per heavy atom. The van der Waals surface area contributed by atoms with Crippen LogP contribution in [-0.2, 0) is 4.79 Å². The van der Waals surface area contributed by atoms with Crippen molar-refractivity contribution in [2.45, 2.75) is 58.5 Å². The van der Waals surface area contributed by atoms with Crippen LogP contribution in [0, 0.1) is 0 Å². The number of allylic oxidation sites excluding steroid dienone is 1. The number of hydrogen-bond donors (Lipinski definition) is 2. The molecule has 3 N–H and O–H groups in total. The van der Waals surface area contributed by atoms with E-state index in [1.807, 2.05) is 13.8 Å². The molecule has 3 nitrogen and oxygen atoms in total. The Morgan fingerprint density at radius 1 is 1.50 bits per heavy atom. The van der Waals surface area contributed by atoms with Gasteiger partial charge in [-0.25, -0.2) is 4.39 Å². The molecule has 0 aromatic rings. The van der Waals surface area contributed by atoms with E-state index in [4.69, 9.17) is 5.73 Å². The van der Waals surface area contributed by atoms with Gasteiger partial charge in [-0.15, -0.1) is 0 Å². The molecular formula is C12H23FN2O. The van der Waals surface area contributed by atoms with Crippen molar-refractivity contribution < 1.29 is 9.18 Å². The molecule has 4 heteroatoms. The van der Waals surface area contributed by atoms with E-state index in [-0.39, 0.29) is 12.1 Å². The number of rotatable bonds is 3. The summed E-state index contributed by atoms with van der Waals surface area (Å²) in [6, 6.07) is -0.0770. The van der Waals surface area contributed by atoms with Crippen LogP contribution in [0.15, 0.2) is 11.9 Å². The first-order valence-electron chi connectivity index (χ1n) is 6.07.